The van der Waals surface area contributed by atoms with Crippen molar-refractivity contribution >= 4 is 23.4 Å². The van der Waals surface area contributed by atoms with E-state index >= 15 is 0 Å². The van der Waals surface area contributed by atoms with Gasteiger partial charge in [0, 0.05) is 57.3 Å². The number of para-hydroxylation sites is 1. The van der Waals surface area contributed by atoms with Crippen LogP contribution < -0.4 is 5.32 Å². The van der Waals surface area contributed by atoms with Gasteiger partial charge < -0.3 is 19.9 Å². The smallest absolute Gasteiger partial charge is 0.236 e. The molecule has 1 aromatic carbocycles. The minimum absolute atomic E-state index is 0.0000266. The van der Waals surface area contributed by atoms with E-state index in [4.69, 9.17) is 4.74 Å². The largest absolute Gasteiger partial charge is 0.379 e. The zero-order valence-corrected chi connectivity index (χ0v) is 17.3. The molecular weight excluding hydrogens is 384 g/mol. The van der Waals surface area contributed by atoms with Gasteiger partial charge in [-0.15, -0.1) is 0 Å². The van der Waals surface area contributed by atoms with Crippen LogP contribution in [0.2, 0.25) is 0 Å². The van der Waals surface area contributed by atoms with Crippen LogP contribution in [0.5, 0.6) is 0 Å². The Morgan fingerprint density at radius 3 is 2.37 bits per heavy atom. The highest BCUT2D eigenvalue weighted by Crippen LogP contribution is 2.27. The summed E-state index contributed by atoms with van der Waals surface area (Å²) in [6.07, 6.45) is 1.59. The van der Waals surface area contributed by atoms with Crippen LogP contribution in [0.1, 0.15) is 18.4 Å². The normalized spacial score (nSPS) is 22.4. The molecule has 8 heteroatoms. The van der Waals surface area contributed by atoms with Crippen molar-refractivity contribution in [2.45, 2.75) is 19.3 Å². The van der Waals surface area contributed by atoms with Crippen LogP contribution >= 0.6 is 0 Å². The van der Waals surface area contributed by atoms with Crippen molar-refractivity contribution in [3.05, 3.63) is 29.8 Å². The highest BCUT2D eigenvalue weighted by molar-refractivity contribution is 5.96. The van der Waals surface area contributed by atoms with Crippen molar-refractivity contribution in [2.75, 3.05) is 64.3 Å². The maximum absolute atomic E-state index is 12.7. The van der Waals surface area contributed by atoms with E-state index in [0.717, 1.165) is 24.3 Å². The summed E-state index contributed by atoms with van der Waals surface area (Å²) in [5.41, 5.74) is 2.00. The van der Waals surface area contributed by atoms with Crippen LogP contribution in [0, 0.1) is 5.92 Å². The van der Waals surface area contributed by atoms with E-state index in [2.05, 4.69) is 10.2 Å². The van der Waals surface area contributed by atoms with E-state index in [1.807, 2.05) is 34.1 Å². The molecule has 0 spiro atoms. The van der Waals surface area contributed by atoms with E-state index < -0.39 is 0 Å². The number of piperazine rings is 1. The average molecular weight is 415 g/mol. The molecule has 1 aromatic rings. The van der Waals surface area contributed by atoms with Crippen LogP contribution in [-0.2, 0) is 25.5 Å². The molecule has 0 aliphatic carbocycles. The average Bonchev–Trinajstić information content (AvgIpc) is 2.78. The quantitative estimate of drug-likeness (QED) is 0.762. The highest BCUT2D eigenvalue weighted by Gasteiger charge is 2.29. The predicted molar refractivity (Wildman–Crippen MR) is 112 cm³/mol. The molecule has 0 radical (unpaired) electrons. The molecule has 3 heterocycles. The first kappa shape index (κ1) is 20.8. The Bertz CT molecular complexity index is 785. The van der Waals surface area contributed by atoms with Gasteiger partial charge in [0.25, 0.3) is 0 Å². The van der Waals surface area contributed by atoms with Crippen molar-refractivity contribution in [2.24, 2.45) is 5.92 Å². The van der Waals surface area contributed by atoms with Crippen molar-refractivity contribution < 1.29 is 19.1 Å². The predicted octanol–water partition coefficient (Wildman–Crippen LogP) is 0.581. The second-order valence-electron chi connectivity index (χ2n) is 8.24. The number of anilines is 1. The zero-order chi connectivity index (χ0) is 20.9. The summed E-state index contributed by atoms with van der Waals surface area (Å²) in [4.78, 5) is 43.3. The maximum atomic E-state index is 12.7. The van der Waals surface area contributed by atoms with E-state index in [0.29, 0.717) is 65.2 Å². The van der Waals surface area contributed by atoms with Gasteiger partial charge in [0.05, 0.1) is 19.8 Å². The van der Waals surface area contributed by atoms with Gasteiger partial charge in [0.15, 0.2) is 0 Å². The standard InChI is InChI=1S/C22H30N4O4/c27-20(6-5-18-15-17-3-1-2-4-19(17)23-22(18)29)25-7-9-26(10-8-25)21(28)16-24-11-13-30-14-12-24/h1-4,18H,5-16H2,(H,23,29)/t18-/m1/s1. The summed E-state index contributed by atoms with van der Waals surface area (Å²) in [7, 11) is 0. The third-order valence-corrected chi connectivity index (χ3v) is 6.27. The van der Waals surface area contributed by atoms with Crippen LogP contribution in [0.15, 0.2) is 24.3 Å². The number of carbonyl (C=O) groups excluding carboxylic acids is 3. The van der Waals surface area contributed by atoms with Crippen LogP contribution in [0.4, 0.5) is 5.69 Å². The molecule has 30 heavy (non-hydrogen) atoms. The lowest BCUT2D eigenvalue weighted by atomic mass is 9.89. The van der Waals surface area contributed by atoms with Gasteiger partial charge in [-0.2, -0.15) is 0 Å². The molecule has 0 aromatic heterocycles. The second kappa shape index (κ2) is 9.57. The Morgan fingerprint density at radius 1 is 0.967 bits per heavy atom. The summed E-state index contributed by atoms with van der Waals surface area (Å²) in [6, 6.07) is 7.82. The number of hydrogen-bond donors (Lipinski definition) is 1. The second-order valence-corrected chi connectivity index (χ2v) is 8.24. The first-order valence-electron chi connectivity index (χ1n) is 10.8. The number of ether oxygens (including phenoxy) is 1. The van der Waals surface area contributed by atoms with Gasteiger partial charge >= 0.3 is 0 Å². The van der Waals surface area contributed by atoms with Crippen LogP contribution in [0.25, 0.3) is 0 Å². The van der Waals surface area contributed by atoms with Gasteiger partial charge in [-0.05, 0) is 24.5 Å². The highest BCUT2D eigenvalue weighted by atomic mass is 16.5. The van der Waals surface area contributed by atoms with Gasteiger partial charge in [-0.3, -0.25) is 19.3 Å². The number of amides is 3. The van der Waals surface area contributed by atoms with Crippen LogP contribution in [-0.4, -0.2) is 91.4 Å². The summed E-state index contributed by atoms with van der Waals surface area (Å²) < 4.78 is 5.32. The third-order valence-electron chi connectivity index (χ3n) is 6.27. The summed E-state index contributed by atoms with van der Waals surface area (Å²) in [5, 5.41) is 2.95. The van der Waals surface area contributed by atoms with Crippen molar-refractivity contribution in [1.29, 1.82) is 0 Å². The number of morpholine rings is 1. The van der Waals surface area contributed by atoms with Crippen molar-refractivity contribution in [3.63, 3.8) is 0 Å². The topological polar surface area (TPSA) is 82.2 Å². The fourth-order valence-electron chi connectivity index (χ4n) is 4.36. The number of benzene rings is 1. The lowest BCUT2D eigenvalue weighted by Crippen LogP contribution is -2.53. The molecule has 1 N–H and O–H groups in total. The summed E-state index contributed by atoms with van der Waals surface area (Å²) in [5.74, 6) is 0.0312. The van der Waals surface area contributed by atoms with E-state index in [-0.39, 0.29) is 23.6 Å². The van der Waals surface area contributed by atoms with Crippen molar-refractivity contribution in [3.8, 4) is 0 Å². The third kappa shape index (κ3) is 4.99. The molecule has 2 fully saturated rings. The van der Waals surface area contributed by atoms with E-state index in [9.17, 15) is 14.4 Å². The van der Waals surface area contributed by atoms with Crippen LogP contribution in [0.3, 0.4) is 0 Å². The number of carbonyl (C=O) groups is 3. The number of hydrogen-bond acceptors (Lipinski definition) is 5. The molecule has 4 rings (SSSR count). The molecule has 3 aliphatic rings. The van der Waals surface area contributed by atoms with Gasteiger partial charge in [0.1, 0.15) is 0 Å². The Kier molecular flexibility index (Phi) is 6.64. The molecule has 3 aliphatic heterocycles. The van der Waals surface area contributed by atoms with Gasteiger partial charge in [0.2, 0.25) is 17.7 Å². The van der Waals surface area contributed by atoms with Crippen molar-refractivity contribution in [1.82, 2.24) is 14.7 Å². The number of nitrogens with one attached hydrogen (secondary N) is 1. The lowest BCUT2D eigenvalue weighted by molar-refractivity contribution is -0.141. The first-order valence-corrected chi connectivity index (χ1v) is 10.8. The maximum Gasteiger partial charge on any atom is 0.236 e. The Hall–Kier alpha value is -2.45. The zero-order valence-electron chi connectivity index (χ0n) is 17.3. The Balaban J connectivity index is 1.20. The number of fused-ring (bicyclic) bond motifs is 1. The molecular formula is C22H30N4O4. The first-order chi connectivity index (χ1) is 14.6. The summed E-state index contributed by atoms with van der Waals surface area (Å²) in [6.45, 7) is 5.65. The minimum Gasteiger partial charge on any atom is -0.379 e. The molecule has 3 amide bonds. The van der Waals surface area contributed by atoms with E-state index in [1.165, 1.54) is 0 Å². The number of rotatable bonds is 5. The monoisotopic (exact) mass is 414 g/mol. The van der Waals surface area contributed by atoms with E-state index in [1.54, 1.807) is 0 Å². The molecule has 0 bridgehead atoms. The SMILES string of the molecule is O=C1Nc2ccccc2C[C@H]1CCC(=O)N1CCN(C(=O)CN2CCOCC2)CC1. The van der Waals surface area contributed by atoms with Gasteiger partial charge in [-0.25, -0.2) is 0 Å². The molecule has 2 saturated heterocycles. The lowest BCUT2D eigenvalue weighted by Gasteiger charge is -2.36. The minimum atomic E-state index is -0.166. The molecule has 0 unspecified atom stereocenters. The fourth-order valence-corrected chi connectivity index (χ4v) is 4.36. The Morgan fingerprint density at radius 2 is 1.63 bits per heavy atom. The molecule has 8 nitrogen and oxygen atoms in total. The molecule has 0 saturated carbocycles. The summed E-state index contributed by atoms with van der Waals surface area (Å²) >= 11 is 0. The van der Waals surface area contributed by atoms with Gasteiger partial charge in [-0.1, -0.05) is 18.2 Å². The Labute approximate surface area is 177 Å². The molecule has 1 atom stereocenters. The number of nitrogens with zero attached hydrogens (tertiary/aromatic N) is 3. The fraction of sp³-hybridized carbons (Fsp3) is 0.591. The molecule has 162 valence electrons.